The van der Waals surface area contributed by atoms with Crippen LogP contribution in [0.25, 0.3) is 0 Å². The van der Waals surface area contributed by atoms with Crippen molar-refractivity contribution >= 4 is 21.9 Å². The minimum absolute atomic E-state index is 0.178. The van der Waals surface area contributed by atoms with Gasteiger partial charge in [0.15, 0.2) is 0 Å². The molecule has 0 N–H and O–H groups in total. The third-order valence-electron chi connectivity index (χ3n) is 2.37. The summed E-state index contributed by atoms with van der Waals surface area (Å²) in [7, 11) is 0. The Balaban J connectivity index is 2.02. The Labute approximate surface area is 113 Å². The van der Waals surface area contributed by atoms with Crippen LogP contribution in [0, 0.1) is 5.82 Å². The highest BCUT2D eigenvalue weighted by Gasteiger charge is 2.10. The molecule has 2 nitrogen and oxygen atoms in total. The van der Waals surface area contributed by atoms with Crippen LogP contribution in [0.3, 0.4) is 0 Å². The molecule has 0 amide bonds. The van der Waals surface area contributed by atoms with Gasteiger partial charge in [0.05, 0.1) is 10.0 Å². The molecular formula is C14H10BrFO2. The summed E-state index contributed by atoms with van der Waals surface area (Å²) >= 11 is 3.03. The Bertz CT molecular complexity index is 555. The van der Waals surface area contributed by atoms with Crippen LogP contribution in [0.5, 0.6) is 0 Å². The molecule has 0 fully saturated rings. The lowest BCUT2D eigenvalue weighted by Crippen LogP contribution is -2.05. The molecule has 0 saturated heterocycles. The number of carbonyl (C=O) groups excluding carboxylic acids is 1. The Morgan fingerprint density at radius 3 is 2.56 bits per heavy atom. The monoisotopic (exact) mass is 308 g/mol. The lowest BCUT2D eigenvalue weighted by molar-refractivity contribution is 0.0472. The maximum atomic E-state index is 13.2. The summed E-state index contributed by atoms with van der Waals surface area (Å²) in [4.78, 5) is 11.7. The number of halogens is 2. The number of benzene rings is 2. The van der Waals surface area contributed by atoms with E-state index >= 15 is 0 Å². The molecule has 18 heavy (non-hydrogen) atoms. The number of hydrogen-bond acceptors (Lipinski definition) is 2. The molecular weight excluding hydrogens is 299 g/mol. The zero-order valence-corrected chi connectivity index (χ0v) is 11.0. The first-order valence-electron chi connectivity index (χ1n) is 5.33. The van der Waals surface area contributed by atoms with Crippen molar-refractivity contribution in [3.05, 3.63) is 69.9 Å². The van der Waals surface area contributed by atoms with E-state index in [0.717, 1.165) is 11.6 Å². The van der Waals surface area contributed by atoms with E-state index < -0.39 is 11.8 Å². The molecule has 4 heteroatoms. The summed E-state index contributed by atoms with van der Waals surface area (Å²) < 4.78 is 18.7. The highest BCUT2D eigenvalue weighted by molar-refractivity contribution is 9.10. The zero-order chi connectivity index (χ0) is 13.0. The van der Waals surface area contributed by atoms with Crippen molar-refractivity contribution in [3.63, 3.8) is 0 Å². The first-order chi connectivity index (χ1) is 8.66. The first-order valence-corrected chi connectivity index (χ1v) is 6.12. The third-order valence-corrected chi connectivity index (χ3v) is 3.01. The van der Waals surface area contributed by atoms with Crippen molar-refractivity contribution in [2.24, 2.45) is 0 Å². The van der Waals surface area contributed by atoms with Crippen LogP contribution in [-0.2, 0) is 11.3 Å². The van der Waals surface area contributed by atoms with Crippen molar-refractivity contribution in [2.45, 2.75) is 6.61 Å². The molecule has 2 aromatic rings. The van der Waals surface area contributed by atoms with Gasteiger partial charge in [-0.25, -0.2) is 9.18 Å². The predicted molar refractivity (Wildman–Crippen MR) is 69.7 cm³/mol. The van der Waals surface area contributed by atoms with Crippen LogP contribution < -0.4 is 0 Å². The van der Waals surface area contributed by atoms with Gasteiger partial charge in [-0.05, 0) is 39.7 Å². The van der Waals surface area contributed by atoms with E-state index in [-0.39, 0.29) is 12.2 Å². The normalized spacial score (nSPS) is 10.1. The molecule has 0 unspecified atom stereocenters. The molecule has 0 aliphatic heterocycles. The fraction of sp³-hybridized carbons (Fsp3) is 0.0714. The lowest BCUT2D eigenvalue weighted by Gasteiger charge is -2.05. The van der Waals surface area contributed by atoms with Crippen LogP contribution in [0.2, 0.25) is 0 Å². The summed E-state index contributed by atoms with van der Waals surface area (Å²) in [6, 6.07) is 13.5. The number of carbonyl (C=O) groups is 1. The van der Waals surface area contributed by atoms with E-state index in [0.29, 0.717) is 4.47 Å². The fourth-order valence-electron chi connectivity index (χ4n) is 1.43. The Kier molecular flexibility index (Phi) is 4.10. The maximum absolute atomic E-state index is 13.2. The molecule has 0 aliphatic carbocycles. The van der Waals surface area contributed by atoms with Gasteiger partial charge in [0.1, 0.15) is 12.4 Å². The van der Waals surface area contributed by atoms with Gasteiger partial charge in [-0.1, -0.05) is 30.3 Å². The second-order valence-corrected chi connectivity index (χ2v) is 4.54. The van der Waals surface area contributed by atoms with Crippen LogP contribution >= 0.6 is 15.9 Å². The highest BCUT2D eigenvalue weighted by atomic mass is 79.9. The predicted octanol–water partition coefficient (Wildman–Crippen LogP) is 3.95. The summed E-state index contributed by atoms with van der Waals surface area (Å²) in [5.74, 6) is -1.02. The summed E-state index contributed by atoms with van der Waals surface area (Å²) in [6.45, 7) is 0.178. The standard InChI is InChI=1S/C14H10BrFO2/c15-12-7-6-11(8-13(12)16)14(17)18-9-10-4-2-1-3-5-10/h1-8H,9H2. The van der Waals surface area contributed by atoms with E-state index in [4.69, 9.17) is 4.74 Å². The second-order valence-electron chi connectivity index (χ2n) is 3.69. The van der Waals surface area contributed by atoms with Gasteiger partial charge in [0.2, 0.25) is 0 Å². The van der Waals surface area contributed by atoms with Crippen molar-refractivity contribution in [2.75, 3.05) is 0 Å². The fourth-order valence-corrected chi connectivity index (χ4v) is 1.68. The topological polar surface area (TPSA) is 26.3 Å². The summed E-state index contributed by atoms with van der Waals surface area (Å²) in [5, 5.41) is 0. The number of esters is 1. The first kappa shape index (κ1) is 12.8. The van der Waals surface area contributed by atoms with Gasteiger partial charge in [-0.3, -0.25) is 0 Å². The minimum atomic E-state index is -0.537. The molecule has 0 bridgehead atoms. The Hall–Kier alpha value is -1.68. The van der Waals surface area contributed by atoms with E-state index in [1.165, 1.54) is 12.1 Å². The molecule has 0 heterocycles. The molecule has 0 radical (unpaired) electrons. The summed E-state index contributed by atoms with van der Waals surface area (Å²) in [5.41, 5.74) is 1.09. The van der Waals surface area contributed by atoms with Crippen molar-refractivity contribution in [1.29, 1.82) is 0 Å². The largest absolute Gasteiger partial charge is 0.457 e. The molecule has 0 spiro atoms. The Morgan fingerprint density at radius 2 is 1.89 bits per heavy atom. The molecule has 0 aromatic heterocycles. The van der Waals surface area contributed by atoms with Gasteiger partial charge in [-0.2, -0.15) is 0 Å². The van der Waals surface area contributed by atoms with Gasteiger partial charge in [-0.15, -0.1) is 0 Å². The number of rotatable bonds is 3. The van der Waals surface area contributed by atoms with E-state index in [1.54, 1.807) is 0 Å². The average molecular weight is 309 g/mol. The highest BCUT2D eigenvalue weighted by Crippen LogP contribution is 2.17. The molecule has 0 saturated carbocycles. The molecule has 0 aliphatic rings. The zero-order valence-electron chi connectivity index (χ0n) is 9.40. The van der Waals surface area contributed by atoms with E-state index in [1.807, 2.05) is 30.3 Å². The molecule has 2 aromatic carbocycles. The number of hydrogen-bond donors (Lipinski definition) is 0. The smallest absolute Gasteiger partial charge is 0.338 e. The van der Waals surface area contributed by atoms with Crippen molar-refractivity contribution < 1.29 is 13.9 Å². The Morgan fingerprint density at radius 1 is 1.17 bits per heavy atom. The second kappa shape index (κ2) is 5.78. The SMILES string of the molecule is O=C(OCc1ccccc1)c1ccc(Br)c(F)c1. The minimum Gasteiger partial charge on any atom is -0.457 e. The molecule has 0 atom stereocenters. The van der Waals surface area contributed by atoms with Crippen LogP contribution in [0.4, 0.5) is 4.39 Å². The van der Waals surface area contributed by atoms with Crippen molar-refractivity contribution in [3.8, 4) is 0 Å². The average Bonchev–Trinajstić information content (AvgIpc) is 2.40. The molecule has 2 rings (SSSR count). The lowest BCUT2D eigenvalue weighted by atomic mass is 10.2. The quantitative estimate of drug-likeness (QED) is 0.803. The summed E-state index contributed by atoms with van der Waals surface area (Å²) in [6.07, 6.45) is 0. The van der Waals surface area contributed by atoms with E-state index in [9.17, 15) is 9.18 Å². The molecule has 92 valence electrons. The number of ether oxygens (including phenoxy) is 1. The van der Waals surface area contributed by atoms with Crippen LogP contribution in [-0.4, -0.2) is 5.97 Å². The van der Waals surface area contributed by atoms with Crippen LogP contribution in [0.15, 0.2) is 53.0 Å². The van der Waals surface area contributed by atoms with Gasteiger partial charge in [0, 0.05) is 0 Å². The third kappa shape index (κ3) is 3.17. The van der Waals surface area contributed by atoms with Gasteiger partial charge in [0.25, 0.3) is 0 Å². The van der Waals surface area contributed by atoms with Gasteiger partial charge < -0.3 is 4.74 Å². The van der Waals surface area contributed by atoms with Crippen LogP contribution in [0.1, 0.15) is 15.9 Å². The van der Waals surface area contributed by atoms with Gasteiger partial charge >= 0.3 is 5.97 Å². The maximum Gasteiger partial charge on any atom is 0.338 e. The van der Waals surface area contributed by atoms with Crippen molar-refractivity contribution in [1.82, 2.24) is 0 Å². The van der Waals surface area contributed by atoms with E-state index in [2.05, 4.69) is 15.9 Å².